The third kappa shape index (κ3) is 4.08. The number of aromatic carboxylic acids is 1. The molecule has 1 aliphatic carbocycles. The summed E-state index contributed by atoms with van der Waals surface area (Å²) in [5.41, 5.74) is 0.902. The molecule has 24 heavy (non-hydrogen) atoms. The van der Waals surface area contributed by atoms with E-state index in [2.05, 4.69) is 12.2 Å². The zero-order chi connectivity index (χ0) is 17.6. The number of carbonyl (C=O) groups excluding carboxylic acids is 1. The van der Waals surface area contributed by atoms with Crippen LogP contribution in [0.5, 0.6) is 5.75 Å². The first-order chi connectivity index (χ1) is 11.5. The summed E-state index contributed by atoms with van der Waals surface area (Å²) in [5, 5.41) is 12.1. The molecule has 0 aliphatic heterocycles. The summed E-state index contributed by atoms with van der Waals surface area (Å²) in [6.45, 7) is 2.63. The van der Waals surface area contributed by atoms with E-state index in [9.17, 15) is 9.59 Å². The maximum atomic E-state index is 12.6. The second kappa shape index (κ2) is 8.18. The summed E-state index contributed by atoms with van der Waals surface area (Å²) in [6, 6.07) is 4.84. The summed E-state index contributed by atoms with van der Waals surface area (Å²) in [6.07, 6.45) is 6.95. The summed E-state index contributed by atoms with van der Waals surface area (Å²) >= 11 is 0. The first-order valence-electron chi connectivity index (χ1n) is 8.71. The van der Waals surface area contributed by atoms with Crippen LogP contribution < -0.4 is 10.1 Å². The van der Waals surface area contributed by atoms with Gasteiger partial charge in [-0.2, -0.15) is 0 Å². The summed E-state index contributed by atoms with van der Waals surface area (Å²) in [5.74, 6) is -0.270. The average Bonchev–Trinajstić information content (AvgIpc) is 2.62. The van der Waals surface area contributed by atoms with E-state index >= 15 is 0 Å². The van der Waals surface area contributed by atoms with Gasteiger partial charge in [-0.15, -0.1) is 0 Å². The number of rotatable bonds is 7. The van der Waals surface area contributed by atoms with Crippen LogP contribution in [0.2, 0.25) is 0 Å². The normalized spacial score (nSPS) is 16.4. The summed E-state index contributed by atoms with van der Waals surface area (Å²) in [7, 11) is 1.52. The smallest absolute Gasteiger partial charge is 0.335 e. The Morgan fingerprint density at radius 3 is 2.54 bits per heavy atom. The zero-order valence-corrected chi connectivity index (χ0v) is 14.6. The minimum Gasteiger partial charge on any atom is -0.496 e. The third-order valence-corrected chi connectivity index (χ3v) is 5.18. The lowest BCUT2D eigenvalue weighted by molar-refractivity contribution is -0.133. The van der Waals surface area contributed by atoms with Crippen LogP contribution in [0.1, 0.15) is 61.4 Å². The summed E-state index contributed by atoms with van der Waals surface area (Å²) in [4.78, 5) is 23.6. The van der Waals surface area contributed by atoms with Crippen LogP contribution in [0.25, 0.3) is 0 Å². The van der Waals surface area contributed by atoms with Gasteiger partial charge in [0.05, 0.1) is 12.7 Å². The predicted molar refractivity (Wildman–Crippen MR) is 92.5 cm³/mol. The first-order valence-corrected chi connectivity index (χ1v) is 8.71. The van der Waals surface area contributed by atoms with Gasteiger partial charge in [-0.05, 0) is 43.4 Å². The molecule has 132 valence electrons. The second-order valence-electron chi connectivity index (χ2n) is 6.53. The number of carboxylic acids is 1. The Morgan fingerprint density at radius 2 is 1.96 bits per heavy atom. The molecule has 0 aromatic heterocycles. The maximum Gasteiger partial charge on any atom is 0.335 e. The van der Waals surface area contributed by atoms with Crippen LogP contribution in [0.3, 0.4) is 0 Å². The van der Waals surface area contributed by atoms with Gasteiger partial charge in [0.2, 0.25) is 5.91 Å². The molecule has 0 atom stereocenters. The van der Waals surface area contributed by atoms with Crippen LogP contribution >= 0.6 is 0 Å². The highest BCUT2D eigenvalue weighted by molar-refractivity contribution is 5.88. The SMILES string of the molecule is CCC1(C(=O)NCCc2ccc(C(=O)O)cc2OC)CCCCC1. The highest BCUT2D eigenvalue weighted by atomic mass is 16.5. The number of carboxylic acid groups (broad SMARTS) is 1. The number of benzene rings is 1. The van der Waals surface area contributed by atoms with Crippen LogP contribution in [0, 0.1) is 5.41 Å². The Bertz CT molecular complexity index is 591. The van der Waals surface area contributed by atoms with E-state index in [0.29, 0.717) is 18.7 Å². The van der Waals surface area contributed by atoms with Crippen molar-refractivity contribution in [1.82, 2.24) is 5.32 Å². The molecule has 2 rings (SSSR count). The Morgan fingerprint density at radius 1 is 1.25 bits per heavy atom. The van der Waals surface area contributed by atoms with Gasteiger partial charge in [-0.1, -0.05) is 32.3 Å². The minimum atomic E-state index is -0.977. The lowest BCUT2D eigenvalue weighted by atomic mass is 9.71. The molecule has 0 unspecified atom stereocenters. The van der Waals surface area contributed by atoms with Gasteiger partial charge in [-0.25, -0.2) is 4.79 Å². The number of ether oxygens (including phenoxy) is 1. The molecule has 2 N–H and O–H groups in total. The van der Waals surface area contributed by atoms with Crippen molar-refractivity contribution in [3.63, 3.8) is 0 Å². The topological polar surface area (TPSA) is 75.6 Å². The van der Waals surface area contributed by atoms with E-state index in [1.807, 2.05) is 0 Å². The van der Waals surface area contributed by atoms with E-state index in [-0.39, 0.29) is 16.9 Å². The first kappa shape index (κ1) is 18.3. The van der Waals surface area contributed by atoms with Crippen LogP contribution in [-0.2, 0) is 11.2 Å². The molecule has 0 bridgehead atoms. The van der Waals surface area contributed by atoms with Crippen LogP contribution in [0.15, 0.2) is 18.2 Å². The summed E-state index contributed by atoms with van der Waals surface area (Å²) < 4.78 is 5.27. The molecule has 1 saturated carbocycles. The highest BCUT2D eigenvalue weighted by Gasteiger charge is 2.37. The Balaban J connectivity index is 1.96. The fourth-order valence-electron chi connectivity index (χ4n) is 3.55. The fraction of sp³-hybridized carbons (Fsp3) is 0.579. The van der Waals surface area contributed by atoms with Crippen molar-refractivity contribution >= 4 is 11.9 Å². The molecule has 1 amide bonds. The van der Waals surface area contributed by atoms with E-state index < -0.39 is 5.97 Å². The van der Waals surface area contributed by atoms with Gasteiger partial charge in [0.25, 0.3) is 0 Å². The molecule has 1 aliphatic rings. The van der Waals surface area contributed by atoms with Gasteiger partial charge < -0.3 is 15.2 Å². The maximum absolute atomic E-state index is 12.6. The highest BCUT2D eigenvalue weighted by Crippen LogP contribution is 2.39. The van der Waals surface area contributed by atoms with Crippen molar-refractivity contribution < 1.29 is 19.4 Å². The Kier molecular flexibility index (Phi) is 6.23. The number of hydrogen-bond donors (Lipinski definition) is 2. The fourth-order valence-corrected chi connectivity index (χ4v) is 3.55. The molecule has 0 radical (unpaired) electrons. The molecular weight excluding hydrogens is 306 g/mol. The van der Waals surface area contributed by atoms with E-state index in [4.69, 9.17) is 9.84 Å². The van der Waals surface area contributed by atoms with Gasteiger partial charge in [-0.3, -0.25) is 4.79 Å². The van der Waals surface area contributed by atoms with Crippen LogP contribution in [0.4, 0.5) is 0 Å². The molecule has 5 heteroatoms. The minimum absolute atomic E-state index is 0.158. The lowest BCUT2D eigenvalue weighted by Crippen LogP contribution is -2.42. The molecule has 5 nitrogen and oxygen atoms in total. The van der Waals surface area contributed by atoms with Crippen molar-refractivity contribution in [3.05, 3.63) is 29.3 Å². The monoisotopic (exact) mass is 333 g/mol. The number of carbonyl (C=O) groups is 2. The van der Waals surface area contributed by atoms with Gasteiger partial charge in [0.15, 0.2) is 0 Å². The van der Waals surface area contributed by atoms with Gasteiger partial charge in [0.1, 0.15) is 5.75 Å². The predicted octanol–water partition coefficient (Wildman–Crippen LogP) is 3.41. The molecule has 1 fully saturated rings. The quantitative estimate of drug-likeness (QED) is 0.802. The van der Waals surface area contributed by atoms with Crippen LogP contribution in [-0.4, -0.2) is 30.6 Å². The number of amides is 1. The Labute approximate surface area is 143 Å². The van der Waals surface area contributed by atoms with Crippen molar-refractivity contribution in [2.24, 2.45) is 5.41 Å². The molecule has 0 spiro atoms. The number of hydrogen-bond acceptors (Lipinski definition) is 3. The molecule has 0 heterocycles. The number of nitrogens with one attached hydrogen (secondary N) is 1. The van der Waals surface area contributed by atoms with Crippen molar-refractivity contribution in [2.75, 3.05) is 13.7 Å². The standard InChI is InChI=1S/C19H27NO4/c1-3-19(10-5-4-6-11-19)18(23)20-12-9-14-7-8-15(17(21)22)13-16(14)24-2/h7-8,13H,3-6,9-12H2,1-2H3,(H,20,23)(H,21,22). The van der Waals surface area contributed by atoms with E-state index in [1.165, 1.54) is 19.6 Å². The van der Waals surface area contributed by atoms with Gasteiger partial charge in [0, 0.05) is 12.0 Å². The largest absolute Gasteiger partial charge is 0.496 e. The lowest BCUT2D eigenvalue weighted by Gasteiger charge is -2.35. The molecule has 1 aromatic carbocycles. The average molecular weight is 333 g/mol. The third-order valence-electron chi connectivity index (χ3n) is 5.18. The second-order valence-corrected chi connectivity index (χ2v) is 6.53. The molecule has 0 saturated heterocycles. The van der Waals surface area contributed by atoms with Crippen molar-refractivity contribution in [3.8, 4) is 5.75 Å². The van der Waals surface area contributed by atoms with Crippen molar-refractivity contribution in [1.29, 1.82) is 0 Å². The zero-order valence-electron chi connectivity index (χ0n) is 14.6. The van der Waals surface area contributed by atoms with E-state index in [1.54, 1.807) is 12.1 Å². The molecular formula is C19H27NO4. The van der Waals surface area contributed by atoms with E-state index in [0.717, 1.165) is 37.7 Å². The Hall–Kier alpha value is -2.04. The van der Waals surface area contributed by atoms with Gasteiger partial charge >= 0.3 is 5.97 Å². The number of methoxy groups -OCH3 is 1. The molecule has 1 aromatic rings. The van der Waals surface area contributed by atoms with Crippen molar-refractivity contribution in [2.45, 2.75) is 51.9 Å².